The molecule has 0 aliphatic heterocycles. The Labute approximate surface area is 130 Å². The predicted molar refractivity (Wildman–Crippen MR) is 94.4 cm³/mol. The molecular formula is C17H21N3S+2. The van der Waals surface area contributed by atoms with Gasteiger partial charge in [-0.1, -0.05) is 0 Å². The summed E-state index contributed by atoms with van der Waals surface area (Å²) in [6, 6.07) is 8.08. The van der Waals surface area contributed by atoms with Crippen molar-refractivity contribution in [3.05, 3.63) is 47.4 Å². The van der Waals surface area contributed by atoms with E-state index >= 15 is 0 Å². The van der Waals surface area contributed by atoms with Gasteiger partial charge in [0.05, 0.1) is 11.4 Å². The Kier molecular flexibility index (Phi) is 4.91. The highest BCUT2D eigenvalue weighted by atomic mass is 32.2. The predicted octanol–water partition coefficient (Wildman–Crippen LogP) is 3.26. The van der Waals surface area contributed by atoms with Gasteiger partial charge < -0.3 is 0 Å². The van der Waals surface area contributed by atoms with Gasteiger partial charge >= 0.3 is 0 Å². The number of thioether (sulfide) groups is 1. The van der Waals surface area contributed by atoms with Crippen molar-refractivity contribution in [1.29, 1.82) is 0 Å². The van der Waals surface area contributed by atoms with Crippen LogP contribution in [0.3, 0.4) is 0 Å². The third kappa shape index (κ3) is 3.79. The Morgan fingerprint density at radius 2 is 1.71 bits per heavy atom. The van der Waals surface area contributed by atoms with E-state index in [4.69, 9.17) is 4.99 Å². The molecule has 0 bridgehead atoms. The lowest BCUT2D eigenvalue weighted by atomic mass is 10.1. The Hall–Kier alpha value is -1.94. The van der Waals surface area contributed by atoms with E-state index in [-0.39, 0.29) is 0 Å². The maximum Gasteiger partial charge on any atom is 0.204 e. The minimum Gasteiger partial charge on any atom is -0.248 e. The summed E-state index contributed by atoms with van der Waals surface area (Å²) in [6.45, 7) is 3.87. The molecule has 1 aromatic rings. The Morgan fingerprint density at radius 1 is 1.05 bits per heavy atom. The summed E-state index contributed by atoms with van der Waals surface area (Å²) in [7, 11) is 6.02. The Balaban J connectivity index is 2.33. The molecular weight excluding hydrogens is 278 g/mol. The highest BCUT2D eigenvalue weighted by molar-refractivity contribution is 8.03. The quantitative estimate of drug-likeness (QED) is 0.476. The van der Waals surface area contributed by atoms with Gasteiger partial charge in [0.15, 0.2) is 0 Å². The number of aliphatic imine (C=N–C) groups is 1. The first-order valence-electron chi connectivity index (χ1n) is 6.72. The minimum absolute atomic E-state index is 0.952. The average Bonchev–Trinajstić information content (AvgIpc) is 2.48. The van der Waals surface area contributed by atoms with Crippen LogP contribution in [-0.4, -0.2) is 54.7 Å². The summed E-state index contributed by atoms with van der Waals surface area (Å²) >= 11 is 1.72. The lowest BCUT2D eigenvalue weighted by Crippen LogP contribution is -2.14. The fourth-order valence-corrected chi connectivity index (χ4v) is 2.52. The highest BCUT2D eigenvalue weighted by Crippen LogP contribution is 2.23. The number of allylic oxidation sites excluding steroid dienone is 4. The van der Waals surface area contributed by atoms with Gasteiger partial charge in [-0.15, -0.1) is 11.8 Å². The van der Waals surface area contributed by atoms with E-state index in [1.54, 1.807) is 11.8 Å². The molecule has 1 aliphatic rings. The van der Waals surface area contributed by atoms with E-state index in [0.717, 1.165) is 17.1 Å². The lowest BCUT2D eigenvalue weighted by molar-refractivity contribution is -0.462. The Bertz CT molecular complexity index is 672. The zero-order valence-electron chi connectivity index (χ0n) is 13.0. The van der Waals surface area contributed by atoms with Crippen LogP contribution in [0.2, 0.25) is 0 Å². The molecule has 0 atom stereocenters. The second-order valence-corrected chi connectivity index (χ2v) is 5.92. The van der Waals surface area contributed by atoms with E-state index in [1.807, 2.05) is 50.0 Å². The van der Waals surface area contributed by atoms with E-state index in [2.05, 4.69) is 35.8 Å². The van der Waals surface area contributed by atoms with Crippen molar-refractivity contribution < 1.29 is 9.15 Å². The van der Waals surface area contributed by atoms with E-state index < -0.39 is 0 Å². The van der Waals surface area contributed by atoms with Crippen LogP contribution in [0.4, 0.5) is 11.4 Å². The summed E-state index contributed by atoms with van der Waals surface area (Å²) in [5.74, 6) is 0. The number of rotatable bonds is 3. The van der Waals surface area contributed by atoms with Crippen LogP contribution in [-0.2, 0) is 0 Å². The van der Waals surface area contributed by atoms with E-state index in [0.29, 0.717) is 0 Å². The van der Waals surface area contributed by atoms with Crippen LogP contribution in [0.25, 0.3) is 0 Å². The molecule has 0 N–H and O–H groups in total. The molecule has 1 aromatic carbocycles. The average molecular weight is 299 g/mol. The molecule has 0 heterocycles. The van der Waals surface area contributed by atoms with Crippen LogP contribution in [0.15, 0.2) is 52.4 Å². The molecule has 0 saturated heterocycles. The van der Waals surface area contributed by atoms with Crippen molar-refractivity contribution in [3.63, 3.8) is 0 Å². The fraction of sp³-hybridized carbons (Fsp3) is 0.235. The largest absolute Gasteiger partial charge is 0.248 e. The zero-order valence-corrected chi connectivity index (χ0v) is 13.8. The van der Waals surface area contributed by atoms with Crippen molar-refractivity contribution in [1.82, 2.24) is 0 Å². The monoisotopic (exact) mass is 299 g/mol. The minimum atomic E-state index is 0.952. The standard InChI is InChI=1S/C17H21N3S/c1-19(2)14-8-6-13(7-9-14)18-16-11-10-15(20(3)4)12-17(16)21-5/h6-12H,1H2,2-5H3/q+2. The van der Waals surface area contributed by atoms with Gasteiger partial charge in [0, 0.05) is 29.2 Å². The van der Waals surface area contributed by atoms with Gasteiger partial charge in [0.1, 0.15) is 27.9 Å². The number of nitrogens with zero attached hydrogens (tertiary/aromatic N) is 3. The lowest BCUT2D eigenvalue weighted by Gasteiger charge is -2.09. The topological polar surface area (TPSA) is 18.4 Å². The van der Waals surface area contributed by atoms with Crippen LogP contribution < -0.4 is 0 Å². The van der Waals surface area contributed by atoms with Crippen LogP contribution in [0.5, 0.6) is 0 Å². The molecule has 3 nitrogen and oxygen atoms in total. The van der Waals surface area contributed by atoms with E-state index in [1.165, 1.54) is 10.6 Å². The first-order chi connectivity index (χ1) is 10.0. The van der Waals surface area contributed by atoms with Gasteiger partial charge in [0.25, 0.3) is 0 Å². The van der Waals surface area contributed by atoms with Crippen molar-refractivity contribution in [2.45, 2.75) is 0 Å². The number of hydrogen-bond donors (Lipinski definition) is 0. The molecule has 0 spiro atoms. The van der Waals surface area contributed by atoms with Crippen LogP contribution in [0.1, 0.15) is 0 Å². The van der Waals surface area contributed by atoms with Crippen LogP contribution in [0, 0.1) is 0 Å². The van der Waals surface area contributed by atoms with Gasteiger partial charge in [-0.3, -0.25) is 0 Å². The molecule has 2 rings (SSSR count). The first kappa shape index (κ1) is 15.4. The molecule has 0 aromatic heterocycles. The summed E-state index contributed by atoms with van der Waals surface area (Å²) < 4.78 is 3.94. The van der Waals surface area contributed by atoms with Gasteiger partial charge in [-0.05, 0) is 24.5 Å². The van der Waals surface area contributed by atoms with E-state index in [9.17, 15) is 0 Å². The molecule has 21 heavy (non-hydrogen) atoms. The number of hydrogen-bond acceptors (Lipinski definition) is 2. The fourth-order valence-electron chi connectivity index (χ4n) is 1.96. The number of benzene rings is 1. The third-order valence-corrected chi connectivity index (χ3v) is 3.99. The summed E-state index contributed by atoms with van der Waals surface area (Å²) in [6.07, 6.45) is 8.41. The summed E-state index contributed by atoms with van der Waals surface area (Å²) in [4.78, 5) is 5.91. The smallest absolute Gasteiger partial charge is 0.204 e. The molecule has 0 amide bonds. The first-order valence-corrected chi connectivity index (χ1v) is 7.95. The summed E-state index contributed by atoms with van der Waals surface area (Å²) in [5.41, 5.74) is 4.21. The molecule has 0 unspecified atom stereocenters. The molecule has 4 heteroatoms. The van der Waals surface area contributed by atoms with Crippen molar-refractivity contribution in [2.24, 2.45) is 4.99 Å². The highest BCUT2D eigenvalue weighted by Gasteiger charge is 2.13. The van der Waals surface area contributed by atoms with Gasteiger partial charge in [-0.25, -0.2) is 14.1 Å². The molecule has 0 fully saturated rings. The molecule has 0 radical (unpaired) electrons. The molecule has 108 valence electrons. The maximum absolute atomic E-state index is 4.73. The second-order valence-electron chi connectivity index (χ2n) is 5.08. The second kappa shape index (κ2) is 6.68. The summed E-state index contributed by atoms with van der Waals surface area (Å²) in [5, 5.41) is 0. The molecule has 0 saturated carbocycles. The van der Waals surface area contributed by atoms with Crippen LogP contribution >= 0.6 is 11.8 Å². The normalized spacial score (nSPS) is 16.1. The SMILES string of the molecule is C=[N+](C)c1ccc(N=C2C=CC(=[N+](C)C)C=C2SC)cc1. The maximum atomic E-state index is 4.73. The zero-order chi connectivity index (χ0) is 15.4. The molecule has 1 aliphatic carbocycles. The van der Waals surface area contributed by atoms with Gasteiger partial charge in [0.2, 0.25) is 11.4 Å². The van der Waals surface area contributed by atoms with Crippen molar-refractivity contribution in [3.8, 4) is 0 Å². The van der Waals surface area contributed by atoms with Crippen molar-refractivity contribution >= 4 is 41.3 Å². The van der Waals surface area contributed by atoms with Gasteiger partial charge in [-0.2, -0.15) is 0 Å². The Morgan fingerprint density at radius 3 is 2.24 bits per heavy atom. The third-order valence-electron chi connectivity index (χ3n) is 3.22. The van der Waals surface area contributed by atoms with Crippen molar-refractivity contribution in [2.75, 3.05) is 27.4 Å².